The third-order valence-electron chi connectivity index (χ3n) is 7.54. The number of rotatable bonds is 7. The fraction of sp³-hybridized carbons (Fsp3) is 0.355. The maximum Gasteiger partial charge on any atom is 0.321 e. The first-order chi connectivity index (χ1) is 20.7. The Balaban J connectivity index is 1.36. The number of aliphatic hydroxyl groups excluding tert-OH is 1. The lowest BCUT2D eigenvalue weighted by atomic mass is 10.0. The second-order valence-electron chi connectivity index (χ2n) is 10.8. The average Bonchev–Trinajstić information content (AvgIpc) is 3.49. The topological polar surface area (TPSA) is 143 Å². The molecule has 0 unspecified atom stereocenters. The Hall–Kier alpha value is -4.84. The first-order valence-corrected chi connectivity index (χ1v) is 14.0. The fourth-order valence-corrected chi connectivity index (χ4v) is 4.98. The highest BCUT2D eigenvalue weighted by atomic mass is 16.7. The molecule has 0 saturated heterocycles. The first-order valence-electron chi connectivity index (χ1n) is 14.0. The first kappa shape index (κ1) is 29.6. The van der Waals surface area contributed by atoms with Crippen molar-refractivity contribution in [3.63, 3.8) is 0 Å². The molecule has 226 valence electrons. The van der Waals surface area contributed by atoms with Crippen LogP contribution in [0.25, 0.3) is 0 Å². The highest BCUT2D eigenvalue weighted by Gasteiger charge is 2.32. The molecular weight excluding hydrogens is 554 g/mol. The zero-order chi connectivity index (χ0) is 30.5. The summed E-state index contributed by atoms with van der Waals surface area (Å²) in [6.07, 6.45) is 2.59. The summed E-state index contributed by atoms with van der Waals surface area (Å²) in [6, 6.07) is 12.8. The molecule has 0 saturated carbocycles. The Morgan fingerprint density at radius 2 is 1.74 bits per heavy atom. The van der Waals surface area contributed by atoms with Crippen molar-refractivity contribution in [1.29, 1.82) is 0 Å². The standard InChI is InChI=1S/C31H35N5O7/c1-19-15-36(20(2)17-37)29(38)13-22-12-23(33-30(39)21-8-10-32-11-9-21)4-6-25(22)43-28(19)16-35(3)31(40)34-24-5-7-26-27(14-24)42-18-41-26/h4-12,14,19-20,28,37H,13,15-18H2,1-3H3,(H,33,39)(H,34,40)/t19-,20-,28+/m1/s1. The smallest absolute Gasteiger partial charge is 0.321 e. The number of fused-ring (bicyclic) bond motifs is 2. The molecule has 5 rings (SSSR count). The normalized spacial score (nSPS) is 18.3. The predicted octanol–water partition coefficient (Wildman–Crippen LogP) is 3.38. The van der Waals surface area contributed by atoms with E-state index in [1.807, 2.05) is 6.92 Å². The molecule has 3 N–H and O–H groups in total. The number of nitrogens with zero attached hydrogens (tertiary/aromatic N) is 3. The Labute approximate surface area is 249 Å². The number of hydrogen-bond donors (Lipinski definition) is 3. The number of amides is 4. The number of ether oxygens (including phenoxy) is 3. The van der Waals surface area contributed by atoms with Crippen LogP contribution in [0.4, 0.5) is 16.2 Å². The lowest BCUT2D eigenvalue weighted by molar-refractivity contribution is -0.134. The molecule has 43 heavy (non-hydrogen) atoms. The number of pyridine rings is 1. The molecular formula is C31H35N5O7. The minimum absolute atomic E-state index is 0.0124. The van der Waals surface area contributed by atoms with E-state index >= 15 is 0 Å². The van der Waals surface area contributed by atoms with Gasteiger partial charge in [-0.3, -0.25) is 14.6 Å². The SMILES string of the molecule is C[C@@H]1CN([C@H](C)CO)C(=O)Cc2cc(NC(=O)c3ccncc3)ccc2O[C@H]1CN(C)C(=O)Nc1ccc2c(c1)OCO2. The van der Waals surface area contributed by atoms with E-state index in [0.29, 0.717) is 46.3 Å². The quantitative estimate of drug-likeness (QED) is 0.381. The van der Waals surface area contributed by atoms with Gasteiger partial charge in [-0.25, -0.2) is 4.79 Å². The van der Waals surface area contributed by atoms with Gasteiger partial charge >= 0.3 is 6.03 Å². The number of benzene rings is 2. The number of carbonyl (C=O) groups excluding carboxylic acids is 3. The van der Waals surface area contributed by atoms with Crippen LogP contribution in [0.2, 0.25) is 0 Å². The van der Waals surface area contributed by atoms with Crippen LogP contribution in [0, 0.1) is 5.92 Å². The van der Waals surface area contributed by atoms with Crippen LogP contribution in [-0.2, 0) is 11.2 Å². The molecule has 1 aromatic heterocycles. The molecule has 12 heteroatoms. The molecule has 2 aliphatic rings. The molecule has 2 aliphatic heterocycles. The maximum absolute atomic E-state index is 13.5. The van der Waals surface area contributed by atoms with Gasteiger partial charge in [0.05, 0.1) is 25.6 Å². The summed E-state index contributed by atoms with van der Waals surface area (Å²) in [5, 5.41) is 15.6. The van der Waals surface area contributed by atoms with Crippen molar-refractivity contribution < 1.29 is 33.7 Å². The Bertz CT molecular complexity index is 1480. The molecule has 0 fully saturated rings. The van der Waals surface area contributed by atoms with Crippen LogP contribution in [0.5, 0.6) is 17.2 Å². The largest absolute Gasteiger partial charge is 0.488 e. The second kappa shape index (κ2) is 13.0. The van der Waals surface area contributed by atoms with Crippen molar-refractivity contribution in [1.82, 2.24) is 14.8 Å². The summed E-state index contributed by atoms with van der Waals surface area (Å²) in [5.74, 6) is 0.977. The zero-order valence-electron chi connectivity index (χ0n) is 24.3. The monoisotopic (exact) mass is 589 g/mol. The van der Waals surface area contributed by atoms with Gasteiger partial charge in [0.2, 0.25) is 12.7 Å². The van der Waals surface area contributed by atoms with Gasteiger partial charge in [-0.2, -0.15) is 0 Å². The number of urea groups is 1. The van der Waals surface area contributed by atoms with E-state index in [0.717, 1.165) is 0 Å². The number of anilines is 2. The van der Waals surface area contributed by atoms with E-state index in [9.17, 15) is 19.5 Å². The Morgan fingerprint density at radius 3 is 2.49 bits per heavy atom. The van der Waals surface area contributed by atoms with Crippen LogP contribution < -0.4 is 24.8 Å². The van der Waals surface area contributed by atoms with Crippen molar-refractivity contribution in [2.45, 2.75) is 32.4 Å². The summed E-state index contributed by atoms with van der Waals surface area (Å²) in [7, 11) is 1.67. The summed E-state index contributed by atoms with van der Waals surface area (Å²) < 4.78 is 17.2. The molecule has 12 nitrogen and oxygen atoms in total. The van der Waals surface area contributed by atoms with Crippen molar-refractivity contribution in [3.8, 4) is 17.2 Å². The summed E-state index contributed by atoms with van der Waals surface area (Å²) >= 11 is 0. The maximum atomic E-state index is 13.5. The number of aromatic nitrogens is 1. The number of likely N-dealkylation sites (N-methyl/N-ethyl adjacent to an activating group) is 1. The van der Waals surface area contributed by atoms with Crippen molar-refractivity contribution in [3.05, 3.63) is 72.1 Å². The van der Waals surface area contributed by atoms with Crippen LogP contribution in [-0.4, -0.2) is 83.4 Å². The minimum atomic E-state index is -0.497. The molecule has 0 aliphatic carbocycles. The lowest BCUT2D eigenvalue weighted by Gasteiger charge is -2.34. The van der Waals surface area contributed by atoms with Gasteiger partial charge in [-0.05, 0) is 49.4 Å². The van der Waals surface area contributed by atoms with E-state index < -0.39 is 12.1 Å². The average molecular weight is 590 g/mol. The van der Waals surface area contributed by atoms with E-state index in [1.165, 1.54) is 17.3 Å². The lowest BCUT2D eigenvalue weighted by Crippen LogP contribution is -2.48. The summed E-state index contributed by atoms with van der Waals surface area (Å²) in [5.41, 5.74) is 2.09. The van der Waals surface area contributed by atoms with Gasteiger partial charge in [0, 0.05) is 60.5 Å². The van der Waals surface area contributed by atoms with Crippen LogP contribution in [0.3, 0.4) is 0 Å². The second-order valence-corrected chi connectivity index (χ2v) is 10.8. The highest BCUT2D eigenvalue weighted by molar-refractivity contribution is 6.04. The molecule has 0 radical (unpaired) electrons. The van der Waals surface area contributed by atoms with Crippen LogP contribution >= 0.6 is 0 Å². The predicted molar refractivity (Wildman–Crippen MR) is 158 cm³/mol. The van der Waals surface area contributed by atoms with Gasteiger partial charge < -0.3 is 39.8 Å². The molecule has 2 aromatic carbocycles. The molecule has 3 heterocycles. The van der Waals surface area contributed by atoms with Gasteiger partial charge in [-0.15, -0.1) is 0 Å². The van der Waals surface area contributed by atoms with E-state index in [4.69, 9.17) is 14.2 Å². The number of carbonyl (C=O) groups is 3. The van der Waals surface area contributed by atoms with Gasteiger partial charge in [0.15, 0.2) is 11.5 Å². The summed E-state index contributed by atoms with van der Waals surface area (Å²) in [4.78, 5) is 46.5. The number of hydrogen-bond acceptors (Lipinski definition) is 8. The van der Waals surface area contributed by atoms with Crippen molar-refractivity contribution in [2.24, 2.45) is 5.92 Å². The van der Waals surface area contributed by atoms with Gasteiger partial charge in [-0.1, -0.05) is 6.92 Å². The third-order valence-corrected chi connectivity index (χ3v) is 7.54. The number of aliphatic hydroxyl groups is 1. The minimum Gasteiger partial charge on any atom is -0.488 e. The summed E-state index contributed by atoms with van der Waals surface area (Å²) in [6.45, 7) is 4.22. The van der Waals surface area contributed by atoms with Gasteiger partial charge in [0.25, 0.3) is 5.91 Å². The highest BCUT2D eigenvalue weighted by Crippen LogP contribution is 2.34. The Kier molecular flexibility index (Phi) is 8.96. The van der Waals surface area contributed by atoms with Crippen LogP contribution in [0.1, 0.15) is 29.8 Å². The fourth-order valence-electron chi connectivity index (χ4n) is 4.98. The molecule has 0 spiro atoms. The van der Waals surface area contributed by atoms with Gasteiger partial charge in [0.1, 0.15) is 11.9 Å². The van der Waals surface area contributed by atoms with Crippen molar-refractivity contribution >= 4 is 29.2 Å². The van der Waals surface area contributed by atoms with E-state index in [1.54, 1.807) is 67.4 Å². The molecule has 3 aromatic rings. The van der Waals surface area contributed by atoms with E-state index in [-0.39, 0.29) is 50.1 Å². The Morgan fingerprint density at radius 1 is 1.05 bits per heavy atom. The van der Waals surface area contributed by atoms with Crippen LogP contribution in [0.15, 0.2) is 60.9 Å². The molecule has 3 atom stereocenters. The zero-order valence-corrected chi connectivity index (χ0v) is 24.3. The van der Waals surface area contributed by atoms with E-state index in [2.05, 4.69) is 15.6 Å². The molecule has 4 amide bonds. The number of nitrogens with one attached hydrogen (secondary N) is 2. The third kappa shape index (κ3) is 6.97. The van der Waals surface area contributed by atoms with Crippen molar-refractivity contribution in [2.75, 3.05) is 44.2 Å². The molecule has 0 bridgehead atoms.